The van der Waals surface area contributed by atoms with E-state index in [1.165, 1.54) is 6.07 Å². The minimum absolute atomic E-state index is 0.258. The summed E-state index contributed by atoms with van der Waals surface area (Å²) in [5.74, 6) is -0.292. The second-order valence-corrected chi connectivity index (χ2v) is 2.57. The lowest BCUT2D eigenvalue weighted by Crippen LogP contribution is -2.33. The number of anilines is 1. The molecule has 0 aromatic heterocycles. The predicted octanol–water partition coefficient (Wildman–Crippen LogP) is 1.46. The number of benzene rings is 1. The van der Waals surface area contributed by atoms with E-state index in [1.54, 1.807) is 12.1 Å². The summed E-state index contributed by atoms with van der Waals surface area (Å²) in [5.41, 5.74) is 1.07. The first kappa shape index (κ1) is 7.09. The van der Waals surface area contributed by atoms with Gasteiger partial charge in [0.25, 0.3) is 0 Å². The lowest BCUT2D eigenvalue weighted by molar-refractivity contribution is 0.250. The zero-order valence-electron chi connectivity index (χ0n) is 6.23. The Hall–Kier alpha value is -1.58. The third-order valence-corrected chi connectivity index (χ3v) is 1.79. The van der Waals surface area contributed by atoms with Gasteiger partial charge in [0.1, 0.15) is 5.82 Å². The molecule has 4 heteroatoms. The highest BCUT2D eigenvalue weighted by Gasteiger charge is 2.15. The Kier molecular flexibility index (Phi) is 1.46. The number of amides is 2. The molecule has 3 nitrogen and oxygen atoms in total. The molecule has 0 fully saturated rings. The molecule has 0 atom stereocenters. The van der Waals surface area contributed by atoms with E-state index in [4.69, 9.17) is 0 Å². The van der Waals surface area contributed by atoms with E-state index in [9.17, 15) is 9.18 Å². The molecule has 62 valence electrons. The average Bonchev–Trinajstić information content (AvgIpc) is 2.04. The smallest absolute Gasteiger partial charge is 0.319 e. The van der Waals surface area contributed by atoms with E-state index in [0.717, 1.165) is 0 Å². The van der Waals surface area contributed by atoms with Gasteiger partial charge in [-0.3, -0.25) is 0 Å². The largest absolute Gasteiger partial charge is 0.334 e. The Balaban J connectivity index is 2.48. The number of nitrogens with one attached hydrogen (secondary N) is 2. The van der Waals surface area contributed by atoms with Gasteiger partial charge in [-0.25, -0.2) is 9.18 Å². The van der Waals surface area contributed by atoms with Crippen LogP contribution in [0.15, 0.2) is 18.2 Å². The number of carbonyl (C=O) groups excluding carboxylic acids is 1. The fourth-order valence-corrected chi connectivity index (χ4v) is 1.19. The van der Waals surface area contributed by atoms with Gasteiger partial charge in [0.2, 0.25) is 0 Å². The molecule has 0 bridgehead atoms. The highest BCUT2D eigenvalue weighted by atomic mass is 19.1. The number of rotatable bonds is 0. The summed E-state index contributed by atoms with van der Waals surface area (Å²) >= 11 is 0. The van der Waals surface area contributed by atoms with Crippen LogP contribution in [0.25, 0.3) is 0 Å². The Morgan fingerprint density at radius 2 is 2.25 bits per heavy atom. The molecule has 0 radical (unpaired) electrons. The van der Waals surface area contributed by atoms with Crippen molar-refractivity contribution < 1.29 is 9.18 Å². The standard InChI is InChI=1S/C8H7FN2O/c9-6-2-1-3-7-5(6)4-10-8(12)11-7/h1-3H,4H2,(H2,10,11,12). The lowest BCUT2D eigenvalue weighted by Gasteiger charge is -2.17. The van der Waals surface area contributed by atoms with Crippen molar-refractivity contribution >= 4 is 11.7 Å². The number of fused-ring (bicyclic) bond motifs is 1. The topological polar surface area (TPSA) is 41.1 Å². The van der Waals surface area contributed by atoms with Crippen LogP contribution in [-0.4, -0.2) is 6.03 Å². The van der Waals surface area contributed by atoms with E-state index in [-0.39, 0.29) is 18.4 Å². The summed E-state index contributed by atoms with van der Waals surface area (Å²) in [6, 6.07) is 4.34. The van der Waals surface area contributed by atoms with Gasteiger partial charge in [-0.2, -0.15) is 0 Å². The van der Waals surface area contributed by atoms with E-state index in [1.807, 2.05) is 0 Å². The van der Waals surface area contributed by atoms with Crippen molar-refractivity contribution in [3.8, 4) is 0 Å². The molecule has 2 amide bonds. The van der Waals surface area contributed by atoms with E-state index in [0.29, 0.717) is 11.3 Å². The molecular weight excluding hydrogens is 159 g/mol. The van der Waals surface area contributed by atoms with Crippen LogP contribution in [0.4, 0.5) is 14.9 Å². The third kappa shape index (κ3) is 1.01. The molecule has 1 heterocycles. The molecule has 2 rings (SSSR count). The molecule has 1 aliphatic rings. The second kappa shape index (κ2) is 2.48. The molecule has 0 aliphatic carbocycles. The molecule has 0 unspecified atom stereocenters. The maximum absolute atomic E-state index is 13.0. The average molecular weight is 166 g/mol. The van der Waals surface area contributed by atoms with Crippen LogP contribution in [0.3, 0.4) is 0 Å². The second-order valence-electron chi connectivity index (χ2n) is 2.57. The van der Waals surface area contributed by atoms with Crippen LogP contribution in [-0.2, 0) is 6.54 Å². The molecule has 0 spiro atoms. The van der Waals surface area contributed by atoms with Gasteiger partial charge in [-0.15, -0.1) is 0 Å². The zero-order valence-corrected chi connectivity index (χ0v) is 6.23. The molecule has 1 aromatic rings. The summed E-state index contributed by atoms with van der Waals surface area (Å²) in [6.45, 7) is 0.258. The van der Waals surface area contributed by atoms with Crippen molar-refractivity contribution in [2.75, 3.05) is 5.32 Å². The predicted molar refractivity (Wildman–Crippen MR) is 42.3 cm³/mol. The summed E-state index contributed by atoms with van der Waals surface area (Å²) in [5, 5.41) is 5.00. The van der Waals surface area contributed by atoms with Gasteiger partial charge in [-0.05, 0) is 12.1 Å². The maximum atomic E-state index is 13.0. The number of urea groups is 1. The number of hydrogen-bond acceptors (Lipinski definition) is 1. The Labute approximate surface area is 68.6 Å². The van der Waals surface area contributed by atoms with Crippen molar-refractivity contribution in [2.24, 2.45) is 0 Å². The zero-order chi connectivity index (χ0) is 8.55. The number of carbonyl (C=O) groups is 1. The normalized spacial score (nSPS) is 14.6. The third-order valence-electron chi connectivity index (χ3n) is 1.79. The Morgan fingerprint density at radius 1 is 1.42 bits per heavy atom. The summed E-state index contributed by atoms with van der Waals surface area (Å²) < 4.78 is 13.0. The first-order valence-corrected chi connectivity index (χ1v) is 3.59. The van der Waals surface area contributed by atoms with Gasteiger partial charge in [0.05, 0.1) is 5.69 Å². The first-order chi connectivity index (χ1) is 5.77. The van der Waals surface area contributed by atoms with Gasteiger partial charge in [0.15, 0.2) is 0 Å². The molecule has 2 N–H and O–H groups in total. The SMILES string of the molecule is O=C1NCc2c(F)cccc2N1. The van der Waals surface area contributed by atoms with Gasteiger partial charge in [-0.1, -0.05) is 6.07 Å². The summed E-state index contributed by atoms with van der Waals surface area (Å²) in [4.78, 5) is 10.8. The maximum Gasteiger partial charge on any atom is 0.319 e. The minimum Gasteiger partial charge on any atom is -0.334 e. The molecule has 12 heavy (non-hydrogen) atoms. The summed E-state index contributed by atoms with van der Waals surface area (Å²) in [6.07, 6.45) is 0. The van der Waals surface area contributed by atoms with Crippen LogP contribution in [0.1, 0.15) is 5.56 Å². The van der Waals surface area contributed by atoms with Gasteiger partial charge < -0.3 is 10.6 Å². The lowest BCUT2D eigenvalue weighted by atomic mass is 10.1. The quantitative estimate of drug-likeness (QED) is 0.601. The van der Waals surface area contributed by atoms with Crippen molar-refractivity contribution in [1.29, 1.82) is 0 Å². The molecule has 1 aliphatic heterocycles. The monoisotopic (exact) mass is 166 g/mol. The van der Waals surface area contributed by atoms with Crippen LogP contribution < -0.4 is 10.6 Å². The fourth-order valence-electron chi connectivity index (χ4n) is 1.19. The number of halogens is 1. The summed E-state index contributed by atoms with van der Waals surface area (Å²) in [7, 11) is 0. The molecule has 0 saturated carbocycles. The fraction of sp³-hybridized carbons (Fsp3) is 0.125. The highest BCUT2D eigenvalue weighted by molar-refractivity contribution is 5.92. The Morgan fingerprint density at radius 3 is 3.08 bits per heavy atom. The van der Waals surface area contributed by atoms with Crippen molar-refractivity contribution in [3.05, 3.63) is 29.6 Å². The van der Waals surface area contributed by atoms with E-state index in [2.05, 4.69) is 10.6 Å². The van der Waals surface area contributed by atoms with E-state index < -0.39 is 0 Å². The molecular formula is C8H7FN2O. The van der Waals surface area contributed by atoms with Crippen molar-refractivity contribution in [2.45, 2.75) is 6.54 Å². The van der Waals surface area contributed by atoms with Crippen LogP contribution in [0, 0.1) is 5.82 Å². The highest BCUT2D eigenvalue weighted by Crippen LogP contribution is 2.20. The Bertz CT molecular complexity index is 338. The van der Waals surface area contributed by atoms with Crippen molar-refractivity contribution in [1.82, 2.24) is 5.32 Å². The van der Waals surface area contributed by atoms with Crippen LogP contribution in [0.5, 0.6) is 0 Å². The number of hydrogen-bond donors (Lipinski definition) is 2. The minimum atomic E-state index is -0.292. The van der Waals surface area contributed by atoms with Crippen LogP contribution in [0.2, 0.25) is 0 Å². The first-order valence-electron chi connectivity index (χ1n) is 3.59. The van der Waals surface area contributed by atoms with Gasteiger partial charge >= 0.3 is 6.03 Å². The van der Waals surface area contributed by atoms with Crippen molar-refractivity contribution in [3.63, 3.8) is 0 Å². The van der Waals surface area contributed by atoms with Crippen LogP contribution >= 0.6 is 0 Å². The molecule has 1 aromatic carbocycles. The molecule has 0 saturated heterocycles. The van der Waals surface area contributed by atoms with E-state index >= 15 is 0 Å². The van der Waals surface area contributed by atoms with Gasteiger partial charge in [0, 0.05) is 12.1 Å².